The van der Waals surface area contributed by atoms with E-state index >= 15 is 0 Å². The Kier molecular flexibility index (Phi) is 6.97. The summed E-state index contributed by atoms with van der Waals surface area (Å²) in [4.78, 5) is 35.4. The molecular formula is C31H26N2O4S2. The lowest BCUT2D eigenvalue weighted by molar-refractivity contribution is -0.116. The molecule has 2 aliphatic carbocycles. The molecule has 0 aliphatic heterocycles. The van der Waals surface area contributed by atoms with Crippen molar-refractivity contribution >= 4 is 45.4 Å². The Bertz CT molecular complexity index is 1480. The van der Waals surface area contributed by atoms with Crippen molar-refractivity contribution in [2.45, 2.75) is 43.9 Å². The number of aromatic hydroxyl groups is 2. The average Bonchev–Trinajstić information content (AvgIpc) is 3.65. The van der Waals surface area contributed by atoms with E-state index in [0.29, 0.717) is 32.1 Å². The molecule has 0 bridgehead atoms. The van der Waals surface area contributed by atoms with Crippen molar-refractivity contribution in [3.8, 4) is 11.5 Å². The van der Waals surface area contributed by atoms with Crippen molar-refractivity contribution in [2.75, 3.05) is 0 Å². The smallest absolute Gasteiger partial charge is 0.156 e. The molecule has 0 saturated carbocycles. The summed E-state index contributed by atoms with van der Waals surface area (Å²) < 4.78 is 0. The van der Waals surface area contributed by atoms with E-state index in [9.17, 15) is 19.8 Å². The van der Waals surface area contributed by atoms with Crippen molar-refractivity contribution < 1.29 is 19.8 Å². The molecule has 4 aromatic rings. The van der Waals surface area contributed by atoms with Gasteiger partial charge >= 0.3 is 0 Å². The molecule has 0 amide bonds. The Balaban J connectivity index is 1.24. The zero-order chi connectivity index (χ0) is 26.9. The molecular weight excluding hydrogens is 528 g/mol. The number of thiazole rings is 2. The minimum atomic E-state index is -0.111. The van der Waals surface area contributed by atoms with E-state index in [1.165, 1.54) is 22.7 Å². The average molecular weight is 555 g/mol. The quantitative estimate of drug-likeness (QED) is 0.276. The molecule has 2 aromatic carbocycles. The number of hydrogen-bond acceptors (Lipinski definition) is 8. The van der Waals surface area contributed by atoms with Crippen LogP contribution >= 0.6 is 22.7 Å². The second-order valence-corrected chi connectivity index (χ2v) is 11.9. The Hall–Kier alpha value is -3.88. The van der Waals surface area contributed by atoms with Gasteiger partial charge in [-0.2, -0.15) is 0 Å². The number of phenolic OH excluding ortho intramolecular Hbond substituents is 2. The molecule has 8 heteroatoms. The van der Waals surface area contributed by atoms with Gasteiger partial charge in [0, 0.05) is 25.2 Å². The summed E-state index contributed by atoms with van der Waals surface area (Å²) in [5.41, 5.74) is 8.99. The zero-order valence-electron chi connectivity index (χ0n) is 21.0. The predicted molar refractivity (Wildman–Crippen MR) is 153 cm³/mol. The molecule has 0 saturated heterocycles. The van der Waals surface area contributed by atoms with Crippen molar-refractivity contribution in [1.29, 1.82) is 0 Å². The number of ketones is 2. The predicted octanol–water partition coefficient (Wildman–Crippen LogP) is 6.66. The number of phenols is 2. The van der Waals surface area contributed by atoms with Gasteiger partial charge in [-0.1, -0.05) is 24.3 Å². The zero-order valence-corrected chi connectivity index (χ0v) is 22.7. The lowest BCUT2D eigenvalue weighted by Gasteiger charge is -2.24. The normalized spacial score (nSPS) is 19.6. The first-order valence-electron chi connectivity index (χ1n) is 12.8. The Morgan fingerprint density at radius 2 is 1.15 bits per heavy atom. The number of rotatable bonds is 6. The summed E-state index contributed by atoms with van der Waals surface area (Å²) in [7, 11) is 0. The van der Waals surface area contributed by atoms with E-state index in [1.807, 2.05) is 24.3 Å². The highest BCUT2D eigenvalue weighted by Crippen LogP contribution is 2.42. The molecule has 2 aromatic heterocycles. The lowest BCUT2D eigenvalue weighted by atomic mass is 9.81. The van der Waals surface area contributed by atoms with Crippen molar-refractivity contribution in [3.63, 3.8) is 0 Å². The first-order valence-corrected chi connectivity index (χ1v) is 14.6. The van der Waals surface area contributed by atoms with Crippen LogP contribution in [0.2, 0.25) is 0 Å². The third kappa shape index (κ3) is 5.48. The van der Waals surface area contributed by atoms with Crippen LogP contribution in [0.4, 0.5) is 0 Å². The van der Waals surface area contributed by atoms with Crippen LogP contribution in [0.5, 0.6) is 11.5 Å². The van der Waals surface area contributed by atoms with Crippen LogP contribution in [0.1, 0.15) is 69.5 Å². The Morgan fingerprint density at radius 3 is 1.56 bits per heavy atom. The van der Waals surface area contributed by atoms with E-state index in [-0.39, 0.29) is 34.9 Å². The molecule has 0 radical (unpaired) electrons. The van der Waals surface area contributed by atoms with Gasteiger partial charge in [-0.3, -0.25) is 19.6 Å². The topological polar surface area (TPSA) is 100 Å². The standard InChI is InChI=1S/C31H26N2O4S2/c34-24-10-20(8-22(12-24)30-14-32-16-38-30)26-6-18(1-3-28(26)36)5-19-2-4-29(37)27(7-19)21-9-23(13-25(35)11-21)31-15-33-17-39-31/h1-4,6-7,12-17,20-21,36-37H,5,8-11H2. The summed E-state index contributed by atoms with van der Waals surface area (Å²) in [6.45, 7) is 0. The van der Waals surface area contributed by atoms with Gasteiger partial charge in [-0.15, -0.1) is 22.7 Å². The second kappa shape index (κ2) is 10.7. The van der Waals surface area contributed by atoms with E-state index < -0.39 is 0 Å². The van der Waals surface area contributed by atoms with Crippen LogP contribution in [0, 0.1) is 0 Å². The number of allylic oxidation sites excluding steroid dienone is 4. The highest BCUT2D eigenvalue weighted by atomic mass is 32.1. The number of carbonyl (C=O) groups is 2. The van der Waals surface area contributed by atoms with Gasteiger partial charge in [0.2, 0.25) is 0 Å². The molecule has 0 spiro atoms. The van der Waals surface area contributed by atoms with Gasteiger partial charge in [0.25, 0.3) is 0 Å². The van der Waals surface area contributed by atoms with E-state index in [0.717, 1.165) is 43.2 Å². The number of benzene rings is 2. The summed E-state index contributed by atoms with van der Waals surface area (Å²) >= 11 is 3.02. The highest BCUT2D eigenvalue weighted by molar-refractivity contribution is 7.11. The molecule has 39 heavy (non-hydrogen) atoms. The monoisotopic (exact) mass is 554 g/mol. The van der Waals surface area contributed by atoms with Gasteiger partial charge in [0.1, 0.15) is 11.5 Å². The maximum absolute atomic E-state index is 12.6. The molecule has 2 atom stereocenters. The molecule has 2 heterocycles. The fourth-order valence-electron chi connectivity index (χ4n) is 5.63. The first kappa shape index (κ1) is 25.4. The number of nitrogens with zero attached hydrogens (tertiary/aromatic N) is 2. The van der Waals surface area contributed by atoms with Crippen LogP contribution < -0.4 is 0 Å². The van der Waals surface area contributed by atoms with Gasteiger partial charge in [0.15, 0.2) is 11.6 Å². The molecule has 196 valence electrons. The van der Waals surface area contributed by atoms with E-state index in [2.05, 4.69) is 9.97 Å². The van der Waals surface area contributed by atoms with Crippen molar-refractivity contribution in [3.05, 3.63) is 104 Å². The lowest BCUT2D eigenvalue weighted by Crippen LogP contribution is -2.13. The van der Waals surface area contributed by atoms with Crippen LogP contribution in [-0.2, 0) is 16.0 Å². The second-order valence-electron chi connectivity index (χ2n) is 10.2. The molecule has 2 unspecified atom stereocenters. The van der Waals surface area contributed by atoms with Crippen molar-refractivity contribution in [2.24, 2.45) is 0 Å². The van der Waals surface area contributed by atoms with Crippen LogP contribution in [0.15, 0.2) is 72.0 Å². The molecule has 6 rings (SSSR count). The van der Waals surface area contributed by atoms with Crippen LogP contribution in [0.25, 0.3) is 11.1 Å². The van der Waals surface area contributed by atoms with Gasteiger partial charge in [-0.05, 0) is 88.8 Å². The van der Waals surface area contributed by atoms with E-state index in [4.69, 9.17) is 0 Å². The van der Waals surface area contributed by atoms with Gasteiger partial charge < -0.3 is 10.2 Å². The maximum atomic E-state index is 12.6. The third-order valence-electron chi connectivity index (χ3n) is 7.47. The first-order chi connectivity index (χ1) is 18.9. The Morgan fingerprint density at radius 1 is 0.692 bits per heavy atom. The van der Waals surface area contributed by atoms with Crippen LogP contribution in [0.3, 0.4) is 0 Å². The summed E-state index contributed by atoms with van der Waals surface area (Å²) in [5.74, 6) is 0.265. The summed E-state index contributed by atoms with van der Waals surface area (Å²) in [6, 6.07) is 11.2. The van der Waals surface area contributed by atoms with E-state index in [1.54, 1.807) is 47.7 Å². The summed E-state index contributed by atoms with van der Waals surface area (Å²) in [5, 5.41) is 21.4. The highest BCUT2D eigenvalue weighted by Gasteiger charge is 2.27. The van der Waals surface area contributed by atoms with Gasteiger partial charge in [-0.25, -0.2) is 0 Å². The van der Waals surface area contributed by atoms with Crippen LogP contribution in [-0.4, -0.2) is 31.7 Å². The number of hydrogen-bond donors (Lipinski definition) is 2. The molecule has 6 nitrogen and oxygen atoms in total. The van der Waals surface area contributed by atoms with Gasteiger partial charge in [0.05, 0.1) is 20.8 Å². The molecule has 2 aliphatic rings. The maximum Gasteiger partial charge on any atom is 0.156 e. The fraction of sp³-hybridized carbons (Fsp3) is 0.226. The molecule has 0 fully saturated rings. The Labute approximate surface area is 234 Å². The number of aromatic nitrogens is 2. The minimum Gasteiger partial charge on any atom is -0.508 e. The summed E-state index contributed by atoms with van der Waals surface area (Å²) in [6.07, 6.45) is 9.60. The number of carbonyl (C=O) groups excluding carboxylic acids is 2. The molecule has 2 N–H and O–H groups in total. The fourth-order valence-corrected chi connectivity index (χ4v) is 6.94. The third-order valence-corrected chi connectivity index (χ3v) is 9.16. The van der Waals surface area contributed by atoms with Crippen molar-refractivity contribution in [1.82, 2.24) is 9.97 Å². The SMILES string of the molecule is O=C1C=C(c2cncs2)CC(c2cc(Cc3ccc(O)c(C4CC(=O)C=C(c5cncs5)C4)c3)ccc2O)C1. The minimum absolute atomic E-state index is 0.0522. The largest absolute Gasteiger partial charge is 0.508 e.